The van der Waals surface area contributed by atoms with Crippen molar-refractivity contribution in [1.29, 1.82) is 0 Å². The molecular weight excluding hydrogens is 136 g/mol. The van der Waals surface area contributed by atoms with Crippen LogP contribution in [0.3, 0.4) is 0 Å². The second-order valence-corrected chi connectivity index (χ2v) is 3.02. The fraction of sp³-hybridized carbons (Fsp3) is 0.600. The lowest BCUT2D eigenvalue weighted by Crippen LogP contribution is -2.00. The number of hydrogen-bond acceptors (Lipinski definition) is 1. The molecule has 11 heavy (non-hydrogen) atoms. The molecule has 1 heteroatoms. The number of aliphatic hydroxyl groups is 1. The molecule has 0 aromatic rings. The van der Waals surface area contributed by atoms with Crippen LogP contribution in [0.25, 0.3) is 0 Å². The minimum absolute atomic E-state index is 0.318. The zero-order chi connectivity index (χ0) is 7.94. The summed E-state index contributed by atoms with van der Waals surface area (Å²) in [6, 6.07) is 0. The normalized spacial score (nSPS) is 24.6. The zero-order valence-electron chi connectivity index (χ0n) is 6.87. The van der Waals surface area contributed by atoms with E-state index in [-0.39, 0.29) is 0 Å². The van der Waals surface area contributed by atoms with Crippen molar-refractivity contribution < 1.29 is 5.11 Å². The molecule has 0 spiro atoms. The lowest BCUT2D eigenvalue weighted by Gasteiger charge is -2.10. The summed E-state index contributed by atoms with van der Waals surface area (Å²) in [5.74, 6) is 0.602. The largest absolute Gasteiger partial charge is 0.396 e. The molecule has 0 aromatic heterocycles. The van der Waals surface area contributed by atoms with Gasteiger partial charge in [0.15, 0.2) is 0 Å². The second kappa shape index (κ2) is 5.14. The summed E-state index contributed by atoms with van der Waals surface area (Å²) in [5, 5.41) is 8.73. The number of allylic oxidation sites excluding steroid dienone is 4. The van der Waals surface area contributed by atoms with E-state index in [9.17, 15) is 0 Å². The summed E-state index contributed by atoms with van der Waals surface area (Å²) >= 11 is 0. The lowest BCUT2D eigenvalue weighted by molar-refractivity contribution is 0.265. The Morgan fingerprint density at radius 3 is 3.09 bits per heavy atom. The summed E-state index contributed by atoms with van der Waals surface area (Å²) in [4.78, 5) is 0. The van der Waals surface area contributed by atoms with E-state index in [4.69, 9.17) is 5.11 Å². The molecule has 0 saturated heterocycles. The third-order valence-corrected chi connectivity index (χ3v) is 2.08. The minimum Gasteiger partial charge on any atom is -0.396 e. The Morgan fingerprint density at radius 2 is 2.27 bits per heavy atom. The smallest absolute Gasteiger partial charge is 0.0436 e. The van der Waals surface area contributed by atoms with E-state index in [2.05, 4.69) is 24.3 Å². The quantitative estimate of drug-likeness (QED) is 0.643. The van der Waals surface area contributed by atoms with E-state index in [1.54, 1.807) is 0 Å². The molecule has 0 fully saturated rings. The number of rotatable bonds is 2. The van der Waals surface area contributed by atoms with Crippen molar-refractivity contribution in [2.45, 2.75) is 25.7 Å². The molecule has 0 radical (unpaired) electrons. The molecule has 62 valence electrons. The molecule has 0 amide bonds. The average Bonchev–Trinajstić information content (AvgIpc) is 1.94. The third kappa shape index (κ3) is 3.38. The summed E-state index contributed by atoms with van der Waals surface area (Å²) in [6.45, 7) is 0.318. The Bertz CT molecular complexity index is 147. The Balaban J connectivity index is 2.38. The van der Waals surface area contributed by atoms with Gasteiger partial charge in [-0.3, -0.25) is 0 Å². The summed E-state index contributed by atoms with van der Waals surface area (Å²) < 4.78 is 0. The van der Waals surface area contributed by atoms with Crippen molar-refractivity contribution in [3.63, 3.8) is 0 Å². The molecule has 1 N–H and O–H groups in total. The minimum atomic E-state index is 0.318. The summed E-state index contributed by atoms with van der Waals surface area (Å²) in [5.41, 5.74) is 0. The van der Waals surface area contributed by atoms with Gasteiger partial charge < -0.3 is 5.11 Å². The highest BCUT2D eigenvalue weighted by Gasteiger charge is 2.03. The summed E-state index contributed by atoms with van der Waals surface area (Å²) in [7, 11) is 0. The molecule has 1 nitrogen and oxygen atoms in total. The first kappa shape index (κ1) is 8.54. The molecule has 0 heterocycles. The Kier molecular flexibility index (Phi) is 3.99. The van der Waals surface area contributed by atoms with Gasteiger partial charge in [0.2, 0.25) is 0 Å². The van der Waals surface area contributed by atoms with Crippen LogP contribution in [0.15, 0.2) is 24.3 Å². The van der Waals surface area contributed by atoms with Crippen molar-refractivity contribution >= 4 is 0 Å². The van der Waals surface area contributed by atoms with Crippen LogP contribution in [0, 0.1) is 5.92 Å². The van der Waals surface area contributed by atoms with Crippen LogP contribution in [0.5, 0.6) is 0 Å². The van der Waals surface area contributed by atoms with Crippen LogP contribution < -0.4 is 0 Å². The van der Waals surface area contributed by atoms with Gasteiger partial charge in [-0.25, -0.2) is 0 Å². The monoisotopic (exact) mass is 152 g/mol. The first-order valence-corrected chi connectivity index (χ1v) is 4.37. The molecule has 0 aliphatic heterocycles. The van der Waals surface area contributed by atoms with Crippen molar-refractivity contribution in [3.8, 4) is 0 Å². The van der Waals surface area contributed by atoms with Gasteiger partial charge in [-0.1, -0.05) is 24.3 Å². The van der Waals surface area contributed by atoms with Crippen LogP contribution in [-0.4, -0.2) is 11.7 Å². The van der Waals surface area contributed by atoms with E-state index < -0.39 is 0 Å². The predicted molar refractivity (Wildman–Crippen MR) is 47.3 cm³/mol. The second-order valence-electron chi connectivity index (χ2n) is 3.02. The Labute approximate surface area is 68.4 Å². The maximum atomic E-state index is 8.73. The fourth-order valence-corrected chi connectivity index (χ4v) is 1.40. The van der Waals surface area contributed by atoms with Crippen LogP contribution in [0.2, 0.25) is 0 Å². The van der Waals surface area contributed by atoms with Gasteiger partial charge in [0.1, 0.15) is 0 Å². The van der Waals surface area contributed by atoms with Gasteiger partial charge in [0, 0.05) is 6.61 Å². The Morgan fingerprint density at radius 1 is 1.36 bits per heavy atom. The van der Waals surface area contributed by atoms with Crippen molar-refractivity contribution in [1.82, 2.24) is 0 Å². The van der Waals surface area contributed by atoms with Crippen LogP contribution in [0.1, 0.15) is 25.7 Å². The third-order valence-electron chi connectivity index (χ3n) is 2.08. The predicted octanol–water partition coefficient (Wildman–Crippen LogP) is 2.28. The van der Waals surface area contributed by atoms with Crippen molar-refractivity contribution in [2.24, 2.45) is 5.92 Å². The van der Waals surface area contributed by atoms with Gasteiger partial charge in [-0.2, -0.15) is 0 Å². The maximum absolute atomic E-state index is 8.73. The van der Waals surface area contributed by atoms with Gasteiger partial charge >= 0.3 is 0 Å². The van der Waals surface area contributed by atoms with Gasteiger partial charge in [0.25, 0.3) is 0 Å². The fourth-order valence-electron chi connectivity index (χ4n) is 1.40. The van der Waals surface area contributed by atoms with Crippen molar-refractivity contribution in [3.05, 3.63) is 24.3 Å². The Hall–Kier alpha value is -0.560. The average molecular weight is 152 g/mol. The molecule has 1 aliphatic rings. The van der Waals surface area contributed by atoms with Crippen LogP contribution in [0.4, 0.5) is 0 Å². The van der Waals surface area contributed by atoms with Gasteiger partial charge in [0.05, 0.1) is 0 Å². The molecule has 1 aliphatic carbocycles. The first-order chi connectivity index (χ1) is 5.43. The van der Waals surface area contributed by atoms with E-state index in [1.807, 2.05) is 0 Å². The molecular formula is C10H16O. The van der Waals surface area contributed by atoms with Gasteiger partial charge in [-0.05, 0) is 31.6 Å². The van der Waals surface area contributed by atoms with Crippen LogP contribution in [-0.2, 0) is 0 Å². The SMILES string of the molecule is OCCC1C=CC=CCCC1. The number of aliphatic hydroxyl groups excluding tert-OH is 1. The molecule has 0 aromatic carbocycles. The molecule has 0 bridgehead atoms. The molecule has 1 rings (SSSR count). The topological polar surface area (TPSA) is 20.2 Å². The van der Waals surface area contributed by atoms with Gasteiger partial charge in [-0.15, -0.1) is 0 Å². The van der Waals surface area contributed by atoms with E-state index in [0.717, 1.165) is 6.42 Å². The number of hydrogen-bond donors (Lipinski definition) is 1. The highest BCUT2D eigenvalue weighted by atomic mass is 16.3. The standard InChI is InChI=1S/C10H16O/c11-9-8-10-6-4-2-1-3-5-7-10/h1-2,4,6,10-11H,3,5,7-9H2. The molecule has 1 atom stereocenters. The highest BCUT2D eigenvalue weighted by molar-refractivity contribution is 5.05. The summed E-state index contributed by atoms with van der Waals surface area (Å²) in [6.07, 6.45) is 13.2. The first-order valence-electron chi connectivity index (χ1n) is 4.37. The maximum Gasteiger partial charge on any atom is 0.0436 e. The molecule has 1 unspecified atom stereocenters. The van der Waals surface area contributed by atoms with E-state index in [1.165, 1.54) is 19.3 Å². The van der Waals surface area contributed by atoms with E-state index in [0.29, 0.717) is 12.5 Å². The van der Waals surface area contributed by atoms with Crippen molar-refractivity contribution in [2.75, 3.05) is 6.61 Å². The highest BCUT2D eigenvalue weighted by Crippen LogP contribution is 2.16. The van der Waals surface area contributed by atoms with Crippen LogP contribution >= 0.6 is 0 Å². The molecule has 0 saturated carbocycles. The van der Waals surface area contributed by atoms with E-state index >= 15 is 0 Å². The zero-order valence-corrected chi connectivity index (χ0v) is 6.87. The lowest BCUT2D eigenvalue weighted by atomic mass is 9.96.